The summed E-state index contributed by atoms with van der Waals surface area (Å²) in [5.74, 6) is 0.840. The number of hydrogen-bond acceptors (Lipinski definition) is 2. The predicted molar refractivity (Wildman–Crippen MR) is 62.6 cm³/mol. The third-order valence-corrected chi connectivity index (χ3v) is 2.86. The Balaban J connectivity index is 2.14. The van der Waals surface area contributed by atoms with Crippen LogP contribution >= 0.6 is 0 Å². The molecular formula is C12H26N2. The molecular weight excluding hydrogens is 172 g/mol. The maximum absolute atomic E-state index is 3.62. The van der Waals surface area contributed by atoms with Crippen LogP contribution in [0.15, 0.2) is 0 Å². The standard InChI is InChI=1S/C12H26N2/c1-10(2)5-7-14-8-6-12(9-14)13-11(3)4/h10-13H,5-9H2,1-4H3/t12-/m1/s1. The first-order valence-corrected chi connectivity index (χ1v) is 6.06. The largest absolute Gasteiger partial charge is 0.310 e. The molecule has 1 atom stereocenters. The number of hydrogen-bond donors (Lipinski definition) is 1. The van der Waals surface area contributed by atoms with Gasteiger partial charge in [0.05, 0.1) is 0 Å². The minimum absolute atomic E-state index is 0.630. The van der Waals surface area contributed by atoms with Crippen molar-refractivity contribution in [1.82, 2.24) is 10.2 Å². The lowest BCUT2D eigenvalue weighted by Crippen LogP contribution is -2.37. The predicted octanol–water partition coefficient (Wildman–Crippen LogP) is 2.10. The van der Waals surface area contributed by atoms with Crippen molar-refractivity contribution in [2.45, 2.75) is 52.6 Å². The molecule has 1 heterocycles. The highest BCUT2D eigenvalue weighted by Gasteiger charge is 2.21. The molecule has 0 aromatic carbocycles. The SMILES string of the molecule is CC(C)CCN1CC[C@@H](NC(C)C)C1. The lowest BCUT2D eigenvalue weighted by molar-refractivity contribution is 0.302. The Bertz CT molecular complexity index is 154. The number of rotatable bonds is 5. The van der Waals surface area contributed by atoms with Crippen LogP contribution in [0.3, 0.4) is 0 Å². The zero-order chi connectivity index (χ0) is 10.6. The summed E-state index contributed by atoms with van der Waals surface area (Å²) in [5.41, 5.74) is 0. The van der Waals surface area contributed by atoms with E-state index in [-0.39, 0.29) is 0 Å². The second-order valence-corrected chi connectivity index (χ2v) is 5.29. The molecule has 1 fully saturated rings. The van der Waals surface area contributed by atoms with Crippen LogP contribution in [-0.4, -0.2) is 36.6 Å². The minimum Gasteiger partial charge on any atom is -0.310 e. The Morgan fingerprint density at radius 1 is 1.29 bits per heavy atom. The monoisotopic (exact) mass is 198 g/mol. The highest BCUT2D eigenvalue weighted by molar-refractivity contribution is 4.81. The first-order chi connectivity index (χ1) is 6.58. The molecule has 0 saturated carbocycles. The van der Waals surface area contributed by atoms with E-state index in [1.54, 1.807) is 0 Å². The third kappa shape index (κ3) is 4.43. The van der Waals surface area contributed by atoms with E-state index in [1.165, 1.54) is 32.5 Å². The van der Waals surface area contributed by atoms with E-state index in [2.05, 4.69) is 37.9 Å². The molecule has 1 saturated heterocycles. The molecule has 1 aliphatic rings. The van der Waals surface area contributed by atoms with Crippen molar-refractivity contribution >= 4 is 0 Å². The van der Waals surface area contributed by atoms with E-state index in [4.69, 9.17) is 0 Å². The van der Waals surface area contributed by atoms with Crippen LogP contribution in [0.5, 0.6) is 0 Å². The van der Waals surface area contributed by atoms with E-state index >= 15 is 0 Å². The van der Waals surface area contributed by atoms with E-state index in [0.717, 1.165) is 12.0 Å². The molecule has 0 amide bonds. The maximum Gasteiger partial charge on any atom is 0.0209 e. The fraction of sp³-hybridized carbons (Fsp3) is 1.00. The molecule has 1 aliphatic heterocycles. The Kier molecular flexibility index (Phi) is 4.90. The zero-order valence-electron chi connectivity index (χ0n) is 10.2. The lowest BCUT2D eigenvalue weighted by atomic mass is 10.1. The first-order valence-electron chi connectivity index (χ1n) is 6.06. The molecule has 2 heteroatoms. The van der Waals surface area contributed by atoms with Crippen LogP contribution < -0.4 is 5.32 Å². The van der Waals surface area contributed by atoms with Gasteiger partial charge in [0.1, 0.15) is 0 Å². The van der Waals surface area contributed by atoms with Crippen molar-refractivity contribution in [3.8, 4) is 0 Å². The van der Waals surface area contributed by atoms with E-state index < -0.39 is 0 Å². The van der Waals surface area contributed by atoms with Gasteiger partial charge in [-0.3, -0.25) is 0 Å². The molecule has 0 aromatic rings. The number of nitrogens with one attached hydrogen (secondary N) is 1. The van der Waals surface area contributed by atoms with Crippen molar-refractivity contribution in [1.29, 1.82) is 0 Å². The van der Waals surface area contributed by atoms with Gasteiger partial charge in [-0.25, -0.2) is 0 Å². The van der Waals surface area contributed by atoms with Gasteiger partial charge < -0.3 is 10.2 Å². The smallest absolute Gasteiger partial charge is 0.0209 e. The van der Waals surface area contributed by atoms with Crippen LogP contribution in [0.4, 0.5) is 0 Å². The molecule has 84 valence electrons. The fourth-order valence-electron chi connectivity index (χ4n) is 2.08. The molecule has 0 bridgehead atoms. The van der Waals surface area contributed by atoms with Crippen molar-refractivity contribution in [2.75, 3.05) is 19.6 Å². The van der Waals surface area contributed by atoms with Crippen LogP contribution in [0.1, 0.15) is 40.5 Å². The summed E-state index contributed by atoms with van der Waals surface area (Å²) < 4.78 is 0. The minimum atomic E-state index is 0.630. The molecule has 0 spiro atoms. The topological polar surface area (TPSA) is 15.3 Å². The Labute approximate surface area is 89.1 Å². The summed E-state index contributed by atoms with van der Waals surface area (Å²) in [6.07, 6.45) is 2.67. The summed E-state index contributed by atoms with van der Waals surface area (Å²) in [4.78, 5) is 2.60. The van der Waals surface area contributed by atoms with Crippen molar-refractivity contribution < 1.29 is 0 Å². The van der Waals surface area contributed by atoms with Gasteiger partial charge in [-0.1, -0.05) is 27.7 Å². The normalized spacial score (nSPS) is 24.0. The zero-order valence-corrected chi connectivity index (χ0v) is 10.2. The Hall–Kier alpha value is -0.0800. The maximum atomic E-state index is 3.62. The summed E-state index contributed by atoms with van der Waals surface area (Å²) in [6.45, 7) is 12.9. The van der Waals surface area contributed by atoms with Gasteiger partial charge in [-0.05, 0) is 31.8 Å². The first kappa shape index (κ1) is 12.0. The van der Waals surface area contributed by atoms with Gasteiger partial charge in [0.25, 0.3) is 0 Å². The summed E-state index contributed by atoms with van der Waals surface area (Å²) in [5, 5.41) is 3.62. The molecule has 1 N–H and O–H groups in total. The number of nitrogens with zero attached hydrogens (tertiary/aromatic N) is 1. The van der Waals surface area contributed by atoms with Gasteiger partial charge >= 0.3 is 0 Å². The van der Waals surface area contributed by atoms with Gasteiger partial charge in [-0.2, -0.15) is 0 Å². The van der Waals surface area contributed by atoms with Crippen molar-refractivity contribution in [3.63, 3.8) is 0 Å². The van der Waals surface area contributed by atoms with Crippen LogP contribution in [0, 0.1) is 5.92 Å². The molecule has 1 rings (SSSR count). The Morgan fingerprint density at radius 3 is 2.57 bits per heavy atom. The Morgan fingerprint density at radius 2 is 2.00 bits per heavy atom. The van der Waals surface area contributed by atoms with Gasteiger partial charge in [0.15, 0.2) is 0 Å². The molecule has 0 radical (unpaired) electrons. The summed E-state index contributed by atoms with van der Waals surface area (Å²) in [7, 11) is 0. The molecule has 14 heavy (non-hydrogen) atoms. The lowest BCUT2D eigenvalue weighted by Gasteiger charge is -2.18. The van der Waals surface area contributed by atoms with Gasteiger partial charge in [0, 0.05) is 18.6 Å². The van der Waals surface area contributed by atoms with Crippen LogP contribution in [-0.2, 0) is 0 Å². The van der Waals surface area contributed by atoms with Crippen LogP contribution in [0.25, 0.3) is 0 Å². The molecule has 0 aromatic heterocycles. The van der Waals surface area contributed by atoms with Gasteiger partial charge in [-0.15, -0.1) is 0 Å². The van der Waals surface area contributed by atoms with Gasteiger partial charge in [0.2, 0.25) is 0 Å². The molecule has 0 aliphatic carbocycles. The average molecular weight is 198 g/mol. The van der Waals surface area contributed by atoms with E-state index in [1.807, 2.05) is 0 Å². The van der Waals surface area contributed by atoms with Crippen molar-refractivity contribution in [2.24, 2.45) is 5.92 Å². The van der Waals surface area contributed by atoms with Crippen LogP contribution in [0.2, 0.25) is 0 Å². The highest BCUT2D eigenvalue weighted by Crippen LogP contribution is 2.11. The second kappa shape index (κ2) is 5.72. The van der Waals surface area contributed by atoms with Crippen molar-refractivity contribution in [3.05, 3.63) is 0 Å². The highest BCUT2D eigenvalue weighted by atomic mass is 15.2. The third-order valence-electron chi connectivity index (χ3n) is 2.86. The second-order valence-electron chi connectivity index (χ2n) is 5.29. The summed E-state index contributed by atoms with van der Waals surface area (Å²) >= 11 is 0. The molecule has 2 nitrogen and oxygen atoms in total. The fourth-order valence-corrected chi connectivity index (χ4v) is 2.08. The summed E-state index contributed by atoms with van der Waals surface area (Å²) in [6, 6.07) is 1.37. The quantitative estimate of drug-likeness (QED) is 0.728. The average Bonchev–Trinajstić information content (AvgIpc) is 2.47. The number of likely N-dealkylation sites (tertiary alicyclic amines) is 1. The van der Waals surface area contributed by atoms with E-state index in [9.17, 15) is 0 Å². The van der Waals surface area contributed by atoms with E-state index in [0.29, 0.717) is 6.04 Å². The molecule has 0 unspecified atom stereocenters.